The molecule has 0 aromatic carbocycles. The number of nitrogens with one attached hydrogen (secondary N) is 3. The number of carboxylic acid groups (broad SMARTS) is 1. The van der Waals surface area contributed by atoms with Crippen molar-refractivity contribution in [2.75, 3.05) is 6.54 Å². The van der Waals surface area contributed by atoms with E-state index in [1.54, 1.807) is 27.7 Å². The van der Waals surface area contributed by atoms with E-state index in [9.17, 15) is 29.1 Å². The minimum atomic E-state index is -1.34. The normalized spacial score (nSPS) is 14.9. The molecular formula is C20H38N6O6. The molecule has 0 bridgehead atoms. The van der Waals surface area contributed by atoms with Gasteiger partial charge in [-0.15, -0.1) is 0 Å². The third-order valence-electron chi connectivity index (χ3n) is 4.82. The van der Waals surface area contributed by atoms with E-state index in [1.807, 2.05) is 0 Å². The van der Waals surface area contributed by atoms with Gasteiger partial charge in [-0.1, -0.05) is 34.1 Å². The third kappa shape index (κ3) is 10.5. The third-order valence-corrected chi connectivity index (χ3v) is 4.82. The lowest BCUT2D eigenvalue weighted by molar-refractivity contribution is -0.144. The molecule has 0 aliphatic rings. The highest BCUT2D eigenvalue weighted by Crippen LogP contribution is 2.08. The number of rotatable bonds is 15. The van der Waals surface area contributed by atoms with Crippen LogP contribution in [0.1, 0.15) is 53.4 Å². The van der Waals surface area contributed by atoms with Crippen LogP contribution < -0.4 is 33.2 Å². The Morgan fingerprint density at radius 3 is 1.78 bits per heavy atom. The van der Waals surface area contributed by atoms with Crippen molar-refractivity contribution in [1.82, 2.24) is 16.0 Å². The molecule has 0 radical (unpaired) electrons. The van der Waals surface area contributed by atoms with Gasteiger partial charge in [0.1, 0.15) is 18.1 Å². The van der Waals surface area contributed by atoms with Crippen molar-refractivity contribution >= 4 is 29.6 Å². The zero-order valence-corrected chi connectivity index (χ0v) is 19.2. The molecule has 0 aliphatic carbocycles. The van der Waals surface area contributed by atoms with Crippen LogP contribution in [0.5, 0.6) is 0 Å². The van der Waals surface area contributed by atoms with E-state index in [-0.39, 0.29) is 5.92 Å². The van der Waals surface area contributed by atoms with Gasteiger partial charge in [0.2, 0.25) is 23.6 Å². The Bertz CT molecular complexity index is 669. The molecule has 32 heavy (non-hydrogen) atoms. The Hall–Kier alpha value is -2.73. The molecular weight excluding hydrogens is 420 g/mol. The average Bonchev–Trinajstić information content (AvgIpc) is 2.68. The van der Waals surface area contributed by atoms with Gasteiger partial charge in [0.25, 0.3) is 0 Å². The van der Waals surface area contributed by atoms with Crippen molar-refractivity contribution < 1.29 is 29.1 Å². The molecule has 10 N–H and O–H groups in total. The van der Waals surface area contributed by atoms with E-state index in [4.69, 9.17) is 17.2 Å². The van der Waals surface area contributed by atoms with Crippen LogP contribution in [0.15, 0.2) is 0 Å². The Morgan fingerprint density at radius 1 is 0.812 bits per heavy atom. The van der Waals surface area contributed by atoms with Gasteiger partial charge in [0, 0.05) is 0 Å². The second-order valence-corrected chi connectivity index (χ2v) is 8.42. The number of nitrogens with two attached hydrogens (primary N) is 3. The zero-order valence-electron chi connectivity index (χ0n) is 19.2. The number of carboxylic acids is 1. The smallest absolute Gasteiger partial charge is 0.326 e. The largest absolute Gasteiger partial charge is 0.480 e. The predicted molar refractivity (Wildman–Crippen MR) is 118 cm³/mol. The lowest BCUT2D eigenvalue weighted by Crippen LogP contribution is -2.59. The minimum absolute atomic E-state index is 0.344. The molecule has 0 rings (SSSR count). The molecule has 12 nitrogen and oxygen atoms in total. The summed E-state index contributed by atoms with van der Waals surface area (Å²) >= 11 is 0. The summed E-state index contributed by atoms with van der Waals surface area (Å²) in [6.45, 7) is 7.04. The highest BCUT2D eigenvalue weighted by molar-refractivity contribution is 5.96. The van der Waals surface area contributed by atoms with Gasteiger partial charge < -0.3 is 38.3 Å². The Morgan fingerprint density at radius 2 is 1.34 bits per heavy atom. The number of primary amides is 1. The molecule has 0 aliphatic heterocycles. The van der Waals surface area contributed by atoms with E-state index >= 15 is 0 Å². The van der Waals surface area contributed by atoms with Gasteiger partial charge >= 0.3 is 5.97 Å². The summed E-state index contributed by atoms with van der Waals surface area (Å²) in [4.78, 5) is 60.6. The molecule has 184 valence electrons. The quantitative estimate of drug-likeness (QED) is 0.138. The number of hydrogen-bond acceptors (Lipinski definition) is 7. The molecule has 0 aromatic rings. The summed E-state index contributed by atoms with van der Waals surface area (Å²) in [5.74, 6) is -4.98. The fraction of sp³-hybridized carbons (Fsp3) is 0.750. The standard InChI is InChI=1S/C20H38N6O6/c1-10(2)15(19(30)26-16(11(3)4)20(31)32)25-18(29)13(9-14(23)27)24-17(28)12(22)7-5-6-8-21/h10-13,15-16H,5-9,21-22H2,1-4H3,(H2,23,27)(H,24,28)(H,25,29)(H,26,30)(H,31,32). The number of unbranched alkanes of at least 4 members (excludes halogenated alkanes) is 1. The van der Waals surface area contributed by atoms with E-state index in [0.717, 1.165) is 0 Å². The molecule has 12 heteroatoms. The predicted octanol–water partition coefficient (Wildman–Crippen LogP) is -1.83. The van der Waals surface area contributed by atoms with Crippen LogP contribution in [0, 0.1) is 11.8 Å². The molecule has 0 heterocycles. The Kier molecular flexibility index (Phi) is 13.1. The van der Waals surface area contributed by atoms with Crippen LogP contribution in [-0.2, 0) is 24.0 Å². The highest BCUT2D eigenvalue weighted by atomic mass is 16.4. The number of aliphatic carboxylic acids is 1. The summed E-state index contributed by atoms with van der Waals surface area (Å²) in [6, 6.07) is -4.49. The fourth-order valence-electron chi connectivity index (χ4n) is 2.87. The van der Waals surface area contributed by atoms with Gasteiger partial charge in [-0.05, 0) is 31.2 Å². The van der Waals surface area contributed by atoms with E-state index in [1.165, 1.54) is 0 Å². The average molecular weight is 459 g/mol. The molecule has 0 saturated carbocycles. The van der Waals surface area contributed by atoms with Crippen molar-refractivity contribution in [2.45, 2.75) is 77.5 Å². The van der Waals surface area contributed by atoms with E-state index in [2.05, 4.69) is 16.0 Å². The first-order valence-electron chi connectivity index (χ1n) is 10.7. The van der Waals surface area contributed by atoms with Gasteiger partial charge in [-0.3, -0.25) is 19.2 Å². The number of carbonyl (C=O) groups is 5. The van der Waals surface area contributed by atoms with Crippen molar-refractivity contribution in [1.29, 1.82) is 0 Å². The Labute approximate surface area is 188 Å². The fourth-order valence-corrected chi connectivity index (χ4v) is 2.87. The molecule has 0 aromatic heterocycles. The number of hydrogen-bond donors (Lipinski definition) is 7. The molecule has 0 spiro atoms. The van der Waals surface area contributed by atoms with Gasteiger partial charge in [-0.2, -0.15) is 0 Å². The van der Waals surface area contributed by atoms with Crippen LogP contribution in [-0.4, -0.2) is 65.4 Å². The summed E-state index contributed by atoms with van der Waals surface area (Å²) in [7, 11) is 0. The Balaban J connectivity index is 5.35. The second kappa shape index (κ2) is 14.4. The lowest BCUT2D eigenvalue weighted by Gasteiger charge is -2.27. The van der Waals surface area contributed by atoms with Crippen molar-refractivity contribution in [3.63, 3.8) is 0 Å². The first-order valence-corrected chi connectivity index (χ1v) is 10.7. The van der Waals surface area contributed by atoms with Crippen molar-refractivity contribution in [3.8, 4) is 0 Å². The number of carbonyl (C=O) groups excluding carboxylic acids is 4. The summed E-state index contributed by atoms with van der Waals surface area (Å²) < 4.78 is 0. The monoisotopic (exact) mass is 458 g/mol. The first kappa shape index (κ1) is 29.3. The SMILES string of the molecule is CC(C)C(NC(=O)C(NC(=O)C(CC(N)=O)NC(=O)C(N)CCCCN)C(C)C)C(=O)O. The van der Waals surface area contributed by atoms with Gasteiger partial charge in [0.05, 0.1) is 12.5 Å². The summed E-state index contributed by atoms with van der Waals surface area (Å²) in [5.41, 5.74) is 16.4. The van der Waals surface area contributed by atoms with Crippen LogP contribution in [0.2, 0.25) is 0 Å². The first-order chi connectivity index (χ1) is 14.8. The molecule has 4 unspecified atom stereocenters. The van der Waals surface area contributed by atoms with Crippen LogP contribution >= 0.6 is 0 Å². The maximum Gasteiger partial charge on any atom is 0.326 e. The van der Waals surface area contributed by atoms with Crippen LogP contribution in [0.4, 0.5) is 0 Å². The van der Waals surface area contributed by atoms with Crippen molar-refractivity contribution in [2.24, 2.45) is 29.0 Å². The maximum atomic E-state index is 12.8. The van der Waals surface area contributed by atoms with Crippen LogP contribution in [0.25, 0.3) is 0 Å². The molecule has 4 amide bonds. The van der Waals surface area contributed by atoms with Crippen molar-refractivity contribution in [3.05, 3.63) is 0 Å². The molecule has 4 atom stereocenters. The van der Waals surface area contributed by atoms with Gasteiger partial charge in [-0.25, -0.2) is 4.79 Å². The zero-order chi connectivity index (χ0) is 25.0. The van der Waals surface area contributed by atoms with Gasteiger partial charge in [0.15, 0.2) is 0 Å². The molecule has 0 fully saturated rings. The minimum Gasteiger partial charge on any atom is -0.480 e. The topological polar surface area (TPSA) is 220 Å². The molecule has 0 saturated heterocycles. The number of amides is 4. The van der Waals surface area contributed by atoms with E-state index in [0.29, 0.717) is 25.8 Å². The lowest BCUT2D eigenvalue weighted by atomic mass is 9.99. The van der Waals surface area contributed by atoms with Crippen LogP contribution in [0.3, 0.4) is 0 Å². The second-order valence-electron chi connectivity index (χ2n) is 8.42. The highest BCUT2D eigenvalue weighted by Gasteiger charge is 2.33. The van der Waals surface area contributed by atoms with E-state index < -0.39 is 66.1 Å². The summed E-state index contributed by atoms with van der Waals surface area (Å²) in [5, 5.41) is 16.6. The maximum absolute atomic E-state index is 12.8. The summed E-state index contributed by atoms with van der Waals surface area (Å²) in [6.07, 6.45) is 1.15.